The topological polar surface area (TPSA) is 61.9 Å². The van der Waals surface area contributed by atoms with Crippen molar-refractivity contribution < 1.29 is 0 Å². The molecule has 1 heterocycles. The fourth-order valence-electron chi connectivity index (χ4n) is 3.19. The van der Waals surface area contributed by atoms with Gasteiger partial charge in [-0.25, -0.2) is 0 Å². The molecule has 0 amide bonds. The number of halogens is 1. The fraction of sp³-hybridized carbons (Fsp3) is 0.0435. The molecule has 4 nitrogen and oxygen atoms in total. The zero-order valence-electron chi connectivity index (χ0n) is 15.3. The first kappa shape index (κ1) is 18.9. The van der Waals surface area contributed by atoms with Crippen LogP contribution in [0.25, 0.3) is 10.8 Å². The number of hydrogen-bond donors (Lipinski definition) is 0. The minimum absolute atomic E-state index is 0.262. The zero-order chi connectivity index (χ0) is 20.2. The number of rotatable bonds is 4. The van der Waals surface area contributed by atoms with Gasteiger partial charge in [0.05, 0.1) is 16.8 Å². The molecule has 2 radical (unpaired) electrons. The second kappa shape index (κ2) is 8.26. The first-order valence-electron chi connectivity index (χ1n) is 8.97. The van der Waals surface area contributed by atoms with Gasteiger partial charge in [-0.15, -0.1) is 0 Å². The molecule has 1 atom stereocenters. The predicted molar refractivity (Wildman–Crippen MR) is 117 cm³/mol. The van der Waals surface area contributed by atoms with Crippen molar-refractivity contribution >= 4 is 41.5 Å². The van der Waals surface area contributed by atoms with E-state index in [2.05, 4.69) is 16.3 Å². The molecule has 0 fully saturated rings. The third kappa shape index (κ3) is 3.76. The monoisotopic (exact) mass is 392 g/mol. The third-order valence-electron chi connectivity index (χ3n) is 4.55. The Hall–Kier alpha value is -3.49. The Balaban J connectivity index is 1.94. The molecule has 0 spiro atoms. The molecular formula is C23H14BClN4. The highest BCUT2D eigenvalue weighted by Gasteiger charge is 2.20. The van der Waals surface area contributed by atoms with Crippen molar-refractivity contribution in [3.63, 3.8) is 0 Å². The van der Waals surface area contributed by atoms with Crippen LogP contribution in [0.3, 0.4) is 0 Å². The van der Waals surface area contributed by atoms with Gasteiger partial charge in [-0.2, -0.15) is 15.5 Å². The first-order valence-corrected chi connectivity index (χ1v) is 9.35. The summed E-state index contributed by atoms with van der Waals surface area (Å²) in [4.78, 5) is 4.78. The van der Waals surface area contributed by atoms with Crippen molar-refractivity contribution in [3.05, 3.63) is 101 Å². The van der Waals surface area contributed by atoms with Crippen LogP contribution in [0.5, 0.6) is 0 Å². The molecule has 4 rings (SSSR count). The average molecular weight is 393 g/mol. The number of fused-ring (bicyclic) bond motifs is 1. The highest BCUT2D eigenvalue weighted by molar-refractivity contribution is 6.41. The molecule has 0 bridgehead atoms. The SMILES string of the molecule is [B]c1nnc(C(C#N)N=C(c2ccccc2)c2ccccc2)c2c(Cl)cccc12. The highest BCUT2D eigenvalue weighted by atomic mass is 35.5. The smallest absolute Gasteiger partial charge is 0.181 e. The molecule has 6 heteroatoms. The molecule has 29 heavy (non-hydrogen) atoms. The van der Waals surface area contributed by atoms with Gasteiger partial charge >= 0.3 is 0 Å². The van der Waals surface area contributed by atoms with Crippen LogP contribution in [0.1, 0.15) is 22.9 Å². The lowest BCUT2D eigenvalue weighted by Gasteiger charge is -2.13. The summed E-state index contributed by atoms with van der Waals surface area (Å²) in [6.45, 7) is 0. The molecule has 136 valence electrons. The van der Waals surface area contributed by atoms with Crippen LogP contribution in [-0.2, 0) is 0 Å². The van der Waals surface area contributed by atoms with E-state index in [-0.39, 0.29) is 5.59 Å². The summed E-state index contributed by atoms with van der Waals surface area (Å²) >= 11 is 6.42. The summed E-state index contributed by atoms with van der Waals surface area (Å²) in [5, 5.41) is 19.9. The van der Waals surface area contributed by atoms with E-state index in [0.29, 0.717) is 27.2 Å². The lowest BCUT2D eigenvalue weighted by Crippen LogP contribution is -2.16. The van der Waals surface area contributed by atoms with Crippen LogP contribution in [0.4, 0.5) is 0 Å². The van der Waals surface area contributed by atoms with Crippen molar-refractivity contribution in [1.29, 1.82) is 5.26 Å². The van der Waals surface area contributed by atoms with E-state index in [1.54, 1.807) is 12.1 Å². The number of nitriles is 1. The molecule has 0 aliphatic heterocycles. The molecular weight excluding hydrogens is 379 g/mol. The van der Waals surface area contributed by atoms with E-state index < -0.39 is 6.04 Å². The van der Waals surface area contributed by atoms with Gasteiger partial charge in [0.2, 0.25) is 0 Å². The van der Waals surface area contributed by atoms with Crippen molar-refractivity contribution in [2.75, 3.05) is 0 Å². The number of benzene rings is 3. The average Bonchev–Trinajstić information content (AvgIpc) is 2.77. The maximum Gasteiger partial charge on any atom is 0.181 e. The highest BCUT2D eigenvalue weighted by Crippen LogP contribution is 2.30. The number of aliphatic imine (C=N–C) groups is 1. The maximum atomic E-state index is 9.94. The number of hydrogen-bond acceptors (Lipinski definition) is 4. The quantitative estimate of drug-likeness (QED) is 0.387. The van der Waals surface area contributed by atoms with E-state index in [1.807, 2.05) is 66.7 Å². The van der Waals surface area contributed by atoms with Crippen LogP contribution in [-0.4, -0.2) is 23.8 Å². The van der Waals surface area contributed by atoms with Crippen molar-refractivity contribution in [3.8, 4) is 6.07 Å². The number of nitrogens with zero attached hydrogens (tertiary/aromatic N) is 4. The normalized spacial score (nSPS) is 11.6. The Morgan fingerprint density at radius 3 is 2.10 bits per heavy atom. The largest absolute Gasteiger partial charge is 0.259 e. The molecule has 0 saturated heterocycles. The van der Waals surface area contributed by atoms with Crippen LogP contribution in [0, 0.1) is 11.3 Å². The summed E-state index contributed by atoms with van der Waals surface area (Å²) in [6, 6.07) is 26.1. The first-order chi connectivity index (χ1) is 14.2. The second-order valence-electron chi connectivity index (χ2n) is 6.37. The molecule has 3 aromatic carbocycles. The van der Waals surface area contributed by atoms with Crippen LogP contribution in [0.2, 0.25) is 5.02 Å². The van der Waals surface area contributed by atoms with Gasteiger partial charge in [0.15, 0.2) is 6.04 Å². The maximum absolute atomic E-state index is 9.94. The molecule has 0 saturated carbocycles. The summed E-state index contributed by atoms with van der Waals surface area (Å²) in [5.74, 6) is 0. The zero-order valence-corrected chi connectivity index (χ0v) is 16.1. The van der Waals surface area contributed by atoms with Crippen molar-refractivity contribution in [1.82, 2.24) is 10.2 Å². The summed E-state index contributed by atoms with van der Waals surface area (Å²) in [7, 11) is 5.97. The number of aromatic nitrogens is 2. The van der Waals surface area contributed by atoms with Crippen LogP contribution >= 0.6 is 11.6 Å². The Labute approximate surface area is 174 Å². The predicted octanol–water partition coefficient (Wildman–Crippen LogP) is 4.18. The molecule has 1 aromatic heterocycles. The second-order valence-corrected chi connectivity index (χ2v) is 6.78. The Bertz CT molecular complexity index is 1190. The van der Waals surface area contributed by atoms with Gasteiger partial charge in [0, 0.05) is 22.1 Å². The van der Waals surface area contributed by atoms with Gasteiger partial charge in [-0.3, -0.25) is 4.99 Å². The molecule has 0 N–H and O–H groups in total. The van der Waals surface area contributed by atoms with E-state index in [4.69, 9.17) is 24.4 Å². The minimum atomic E-state index is -0.902. The van der Waals surface area contributed by atoms with Crippen molar-refractivity contribution in [2.45, 2.75) is 6.04 Å². The van der Waals surface area contributed by atoms with Gasteiger partial charge in [0.1, 0.15) is 13.5 Å². The summed E-state index contributed by atoms with van der Waals surface area (Å²) < 4.78 is 0. The lowest BCUT2D eigenvalue weighted by molar-refractivity contribution is 0.849. The van der Waals surface area contributed by atoms with Crippen LogP contribution in [0.15, 0.2) is 83.9 Å². The Morgan fingerprint density at radius 1 is 0.897 bits per heavy atom. The molecule has 0 aliphatic carbocycles. The Kier molecular flexibility index (Phi) is 5.37. The summed E-state index contributed by atoms with van der Waals surface area (Å²) in [5.41, 5.74) is 3.14. The minimum Gasteiger partial charge on any atom is -0.259 e. The fourth-order valence-corrected chi connectivity index (χ4v) is 3.46. The molecule has 4 aromatic rings. The molecule has 1 unspecified atom stereocenters. The van der Waals surface area contributed by atoms with E-state index in [9.17, 15) is 5.26 Å². The van der Waals surface area contributed by atoms with E-state index >= 15 is 0 Å². The molecule has 0 aliphatic rings. The summed E-state index contributed by atoms with van der Waals surface area (Å²) in [6.07, 6.45) is 0. The van der Waals surface area contributed by atoms with Gasteiger partial charge in [0.25, 0.3) is 0 Å². The third-order valence-corrected chi connectivity index (χ3v) is 4.86. The van der Waals surface area contributed by atoms with Crippen molar-refractivity contribution in [2.24, 2.45) is 4.99 Å². The van der Waals surface area contributed by atoms with Crippen LogP contribution < -0.4 is 5.59 Å². The van der Waals surface area contributed by atoms with Gasteiger partial charge in [-0.05, 0) is 11.5 Å². The Morgan fingerprint density at radius 2 is 1.52 bits per heavy atom. The van der Waals surface area contributed by atoms with E-state index in [1.165, 1.54) is 0 Å². The van der Waals surface area contributed by atoms with E-state index in [0.717, 1.165) is 11.1 Å². The lowest BCUT2D eigenvalue weighted by atomic mass is 9.95. The van der Waals surface area contributed by atoms with Gasteiger partial charge < -0.3 is 0 Å². The van der Waals surface area contributed by atoms with Gasteiger partial charge in [-0.1, -0.05) is 84.4 Å². The standard InChI is InChI=1S/C23H14BClN4/c24-23-17-12-7-13-18(25)20(17)22(28-29-23)19(14-26)27-21(15-8-3-1-4-9-15)16-10-5-2-6-11-16/h1-13,19H.